The van der Waals surface area contributed by atoms with Crippen molar-refractivity contribution in [1.29, 1.82) is 0 Å². The summed E-state index contributed by atoms with van der Waals surface area (Å²) in [6, 6.07) is 8.98. The van der Waals surface area contributed by atoms with E-state index in [4.69, 9.17) is 39.5 Å². The van der Waals surface area contributed by atoms with E-state index in [2.05, 4.69) is 5.32 Å². The smallest absolute Gasteiger partial charge is 0.245 e. The van der Waals surface area contributed by atoms with Crippen molar-refractivity contribution in [2.45, 2.75) is 0 Å². The second-order valence-corrected chi connectivity index (χ2v) is 8.39. The normalized spacial score (nSPS) is 11.1. The SMILES string of the molecule is COc1ccc(N(CC(=O)Nc2ccc(Cl)c(Cl)c2)S(C)(=O)=O)cc1Cl. The highest BCUT2D eigenvalue weighted by Crippen LogP contribution is 2.30. The molecule has 0 saturated carbocycles. The van der Waals surface area contributed by atoms with Crippen molar-refractivity contribution in [3.63, 3.8) is 0 Å². The van der Waals surface area contributed by atoms with Gasteiger partial charge < -0.3 is 10.1 Å². The van der Waals surface area contributed by atoms with Crippen LogP contribution in [0.25, 0.3) is 0 Å². The summed E-state index contributed by atoms with van der Waals surface area (Å²) in [5, 5.41) is 3.41. The zero-order valence-electron chi connectivity index (χ0n) is 13.8. The van der Waals surface area contributed by atoms with E-state index >= 15 is 0 Å². The maximum atomic E-state index is 12.3. The number of rotatable bonds is 6. The minimum Gasteiger partial charge on any atom is -0.495 e. The number of amides is 1. The molecule has 0 saturated heterocycles. The largest absolute Gasteiger partial charge is 0.495 e. The maximum Gasteiger partial charge on any atom is 0.245 e. The average molecular weight is 438 g/mol. The first kappa shape index (κ1) is 20.6. The number of hydrogen-bond acceptors (Lipinski definition) is 4. The highest BCUT2D eigenvalue weighted by atomic mass is 35.5. The van der Waals surface area contributed by atoms with Crippen molar-refractivity contribution in [2.75, 3.05) is 29.5 Å². The number of benzene rings is 2. The number of halogens is 3. The van der Waals surface area contributed by atoms with Gasteiger partial charge in [-0.25, -0.2) is 8.42 Å². The molecule has 2 aromatic rings. The highest BCUT2D eigenvalue weighted by molar-refractivity contribution is 7.92. The van der Waals surface area contributed by atoms with E-state index in [1.165, 1.54) is 37.4 Å². The Morgan fingerprint density at radius 2 is 1.77 bits per heavy atom. The van der Waals surface area contributed by atoms with Crippen LogP contribution >= 0.6 is 34.8 Å². The molecule has 26 heavy (non-hydrogen) atoms. The maximum absolute atomic E-state index is 12.3. The van der Waals surface area contributed by atoms with Gasteiger partial charge in [0, 0.05) is 5.69 Å². The standard InChI is InChI=1S/C16H15Cl3N2O4S/c1-25-15-6-4-11(8-14(15)19)21(26(2,23)24)9-16(22)20-10-3-5-12(17)13(18)7-10/h3-8H,9H2,1-2H3,(H,20,22). The number of anilines is 2. The van der Waals surface area contributed by atoms with E-state index in [-0.39, 0.29) is 15.7 Å². The fraction of sp³-hybridized carbons (Fsp3) is 0.188. The van der Waals surface area contributed by atoms with Crippen LogP contribution in [0.4, 0.5) is 11.4 Å². The third-order valence-electron chi connectivity index (χ3n) is 3.31. The molecule has 2 rings (SSSR count). The molecular formula is C16H15Cl3N2O4S. The van der Waals surface area contributed by atoms with Gasteiger partial charge in [-0.2, -0.15) is 0 Å². The molecule has 0 aromatic heterocycles. The summed E-state index contributed by atoms with van der Waals surface area (Å²) >= 11 is 17.8. The molecule has 0 radical (unpaired) electrons. The summed E-state index contributed by atoms with van der Waals surface area (Å²) in [4.78, 5) is 12.3. The topological polar surface area (TPSA) is 75.7 Å². The molecule has 0 bridgehead atoms. The first-order chi connectivity index (χ1) is 12.1. The van der Waals surface area contributed by atoms with Gasteiger partial charge in [0.15, 0.2) is 0 Å². The van der Waals surface area contributed by atoms with Crippen LogP contribution in [0.5, 0.6) is 5.75 Å². The van der Waals surface area contributed by atoms with Crippen LogP contribution in [0.15, 0.2) is 36.4 Å². The number of carbonyl (C=O) groups is 1. The number of nitrogens with one attached hydrogen (secondary N) is 1. The van der Waals surface area contributed by atoms with Gasteiger partial charge in [0.2, 0.25) is 15.9 Å². The third-order valence-corrected chi connectivity index (χ3v) is 5.49. The predicted octanol–water partition coefficient (Wildman–Crippen LogP) is 4.06. The molecule has 0 unspecified atom stereocenters. The number of methoxy groups -OCH3 is 1. The van der Waals surface area contributed by atoms with E-state index in [0.29, 0.717) is 16.5 Å². The van der Waals surface area contributed by atoms with Gasteiger partial charge in [-0.1, -0.05) is 34.8 Å². The molecule has 2 aromatic carbocycles. The Bertz CT molecular complexity index is 935. The van der Waals surface area contributed by atoms with Crippen molar-refractivity contribution in [3.8, 4) is 5.75 Å². The number of hydrogen-bond donors (Lipinski definition) is 1. The molecule has 140 valence electrons. The van der Waals surface area contributed by atoms with E-state index in [1.807, 2.05) is 0 Å². The summed E-state index contributed by atoms with van der Waals surface area (Å²) in [7, 11) is -2.29. The lowest BCUT2D eigenvalue weighted by molar-refractivity contribution is -0.114. The van der Waals surface area contributed by atoms with Gasteiger partial charge in [0.25, 0.3) is 0 Å². The van der Waals surface area contributed by atoms with E-state index < -0.39 is 22.5 Å². The Labute approximate surface area is 166 Å². The van der Waals surface area contributed by atoms with E-state index in [0.717, 1.165) is 10.6 Å². The molecule has 1 N–H and O–H groups in total. The second-order valence-electron chi connectivity index (χ2n) is 5.27. The van der Waals surface area contributed by atoms with Crippen molar-refractivity contribution in [2.24, 2.45) is 0 Å². The lowest BCUT2D eigenvalue weighted by atomic mass is 10.3. The Balaban J connectivity index is 2.24. The molecule has 6 nitrogen and oxygen atoms in total. The van der Waals surface area contributed by atoms with Gasteiger partial charge >= 0.3 is 0 Å². The lowest BCUT2D eigenvalue weighted by Gasteiger charge is -2.22. The van der Waals surface area contributed by atoms with Crippen LogP contribution in [-0.4, -0.2) is 34.2 Å². The monoisotopic (exact) mass is 436 g/mol. The first-order valence-corrected chi connectivity index (χ1v) is 10.2. The van der Waals surface area contributed by atoms with Crippen LogP contribution in [0.3, 0.4) is 0 Å². The number of sulfonamides is 1. The van der Waals surface area contributed by atoms with Crippen molar-refractivity contribution < 1.29 is 17.9 Å². The van der Waals surface area contributed by atoms with E-state index in [1.54, 1.807) is 6.07 Å². The third kappa shape index (κ3) is 5.17. The summed E-state index contributed by atoms with van der Waals surface area (Å²) < 4.78 is 30.2. The lowest BCUT2D eigenvalue weighted by Crippen LogP contribution is -2.37. The van der Waals surface area contributed by atoms with Gasteiger partial charge in [-0.05, 0) is 36.4 Å². The minimum absolute atomic E-state index is 0.226. The van der Waals surface area contributed by atoms with Gasteiger partial charge in [0.1, 0.15) is 12.3 Å². The van der Waals surface area contributed by atoms with Crippen LogP contribution < -0.4 is 14.4 Å². The molecule has 0 fully saturated rings. The Hall–Kier alpha value is -1.67. The number of nitrogens with zero attached hydrogens (tertiary/aromatic N) is 1. The Kier molecular flexibility index (Phi) is 6.63. The van der Waals surface area contributed by atoms with Crippen molar-refractivity contribution in [1.82, 2.24) is 0 Å². The zero-order chi connectivity index (χ0) is 19.5. The van der Waals surface area contributed by atoms with Crippen LogP contribution in [-0.2, 0) is 14.8 Å². The molecule has 0 heterocycles. The molecule has 0 aliphatic heterocycles. The number of carbonyl (C=O) groups excluding carboxylic acids is 1. The van der Waals surface area contributed by atoms with Crippen molar-refractivity contribution >= 4 is 62.1 Å². The minimum atomic E-state index is -3.73. The van der Waals surface area contributed by atoms with Crippen molar-refractivity contribution in [3.05, 3.63) is 51.5 Å². The summed E-state index contributed by atoms with van der Waals surface area (Å²) in [6.45, 7) is -0.443. The second kappa shape index (κ2) is 8.35. The molecule has 10 heteroatoms. The van der Waals surface area contributed by atoms with Crippen LogP contribution in [0.1, 0.15) is 0 Å². The number of ether oxygens (including phenoxy) is 1. The van der Waals surface area contributed by atoms with Crippen LogP contribution in [0.2, 0.25) is 15.1 Å². The summed E-state index contributed by atoms with van der Waals surface area (Å²) in [6.07, 6.45) is 0.998. The van der Waals surface area contributed by atoms with Crippen LogP contribution in [0, 0.1) is 0 Å². The Morgan fingerprint density at radius 1 is 1.08 bits per heavy atom. The van der Waals surface area contributed by atoms with Gasteiger partial charge in [-0.3, -0.25) is 9.10 Å². The van der Waals surface area contributed by atoms with E-state index in [9.17, 15) is 13.2 Å². The molecule has 0 spiro atoms. The quantitative estimate of drug-likeness (QED) is 0.739. The predicted molar refractivity (Wildman–Crippen MR) is 105 cm³/mol. The molecule has 1 amide bonds. The molecular weight excluding hydrogens is 423 g/mol. The average Bonchev–Trinajstić information content (AvgIpc) is 2.55. The molecule has 0 aliphatic carbocycles. The summed E-state index contributed by atoms with van der Waals surface area (Å²) in [5.74, 6) is -0.162. The Morgan fingerprint density at radius 3 is 2.31 bits per heavy atom. The van der Waals surface area contributed by atoms with Gasteiger partial charge in [0.05, 0.1) is 34.1 Å². The van der Waals surface area contributed by atoms with Gasteiger partial charge in [-0.15, -0.1) is 0 Å². The first-order valence-electron chi connectivity index (χ1n) is 7.18. The fourth-order valence-corrected chi connectivity index (χ4v) is 3.51. The highest BCUT2D eigenvalue weighted by Gasteiger charge is 2.22. The zero-order valence-corrected chi connectivity index (χ0v) is 16.9. The molecule has 0 atom stereocenters. The fourth-order valence-electron chi connectivity index (χ4n) is 2.12. The summed E-state index contributed by atoms with van der Waals surface area (Å²) in [5.41, 5.74) is 0.633. The molecule has 0 aliphatic rings.